The Labute approximate surface area is 144 Å². The second kappa shape index (κ2) is 8.35. The minimum atomic E-state index is -0.965. The van der Waals surface area contributed by atoms with E-state index in [1.54, 1.807) is 19.2 Å². The zero-order valence-electron chi connectivity index (χ0n) is 15.0. The fourth-order valence-corrected chi connectivity index (χ4v) is 3.47. The quantitative estimate of drug-likeness (QED) is 0.823. The highest BCUT2D eigenvalue weighted by Gasteiger charge is 2.22. The highest BCUT2D eigenvalue weighted by atomic mass is 16.5. The van der Waals surface area contributed by atoms with Gasteiger partial charge >= 0.3 is 5.97 Å². The molecule has 0 aliphatic carbocycles. The molecule has 0 radical (unpaired) electrons. The Bertz CT molecular complexity index is 576. The number of ether oxygens (including phenoxy) is 2. The minimum Gasteiger partial charge on any atom is -0.497 e. The van der Waals surface area contributed by atoms with Crippen molar-refractivity contribution >= 4 is 5.97 Å². The molecule has 1 N–H and O–H groups in total. The maximum absolute atomic E-state index is 11.6. The predicted molar refractivity (Wildman–Crippen MR) is 93.1 cm³/mol. The molecule has 1 heterocycles. The molecule has 0 spiro atoms. The van der Waals surface area contributed by atoms with Crippen molar-refractivity contribution in [3.63, 3.8) is 0 Å². The molecule has 1 atom stereocenters. The second-order valence-electron chi connectivity index (χ2n) is 6.63. The SMILES string of the molecule is COc1cc(OC)c(CN(C)C[C@H]2CCCN(C)C2)c(C(=O)O)c1. The summed E-state index contributed by atoms with van der Waals surface area (Å²) in [7, 11) is 7.26. The third-order valence-electron chi connectivity index (χ3n) is 4.59. The number of carboxylic acid groups (broad SMARTS) is 1. The molecule has 1 aromatic rings. The summed E-state index contributed by atoms with van der Waals surface area (Å²) in [6.07, 6.45) is 2.45. The molecule has 0 bridgehead atoms. The van der Waals surface area contributed by atoms with Crippen LogP contribution in [0, 0.1) is 5.92 Å². The Balaban J connectivity index is 2.16. The van der Waals surface area contributed by atoms with Gasteiger partial charge in [-0.1, -0.05) is 0 Å². The molecule has 6 heteroatoms. The Morgan fingerprint density at radius 2 is 2.12 bits per heavy atom. The summed E-state index contributed by atoms with van der Waals surface area (Å²) in [5.41, 5.74) is 0.927. The normalized spacial score (nSPS) is 18.6. The standard InChI is InChI=1S/C18H28N2O4/c1-19-7-5-6-13(10-19)11-20(2)12-16-15(18(21)22)8-14(23-3)9-17(16)24-4/h8-9,13H,5-7,10-12H2,1-4H3,(H,21,22)/t13-/m0/s1. The summed E-state index contributed by atoms with van der Waals surface area (Å²) in [4.78, 5) is 16.2. The molecular weight excluding hydrogens is 308 g/mol. The fraction of sp³-hybridized carbons (Fsp3) is 0.611. The number of carboxylic acids is 1. The molecule has 0 amide bonds. The van der Waals surface area contributed by atoms with Gasteiger partial charge in [0, 0.05) is 31.3 Å². The van der Waals surface area contributed by atoms with Gasteiger partial charge in [-0.05, 0) is 45.5 Å². The fourth-order valence-electron chi connectivity index (χ4n) is 3.47. The molecule has 1 saturated heterocycles. The van der Waals surface area contributed by atoms with Crippen LogP contribution in [0.3, 0.4) is 0 Å². The first-order valence-electron chi connectivity index (χ1n) is 8.29. The summed E-state index contributed by atoms with van der Waals surface area (Å²) in [6, 6.07) is 3.30. The van der Waals surface area contributed by atoms with Crippen LogP contribution in [0.4, 0.5) is 0 Å². The van der Waals surface area contributed by atoms with Gasteiger partial charge in [-0.25, -0.2) is 4.79 Å². The first kappa shape index (κ1) is 18.5. The number of piperidine rings is 1. The van der Waals surface area contributed by atoms with Crippen molar-refractivity contribution < 1.29 is 19.4 Å². The van der Waals surface area contributed by atoms with Gasteiger partial charge < -0.3 is 24.4 Å². The third kappa shape index (κ3) is 4.61. The van der Waals surface area contributed by atoms with Gasteiger partial charge in [-0.15, -0.1) is 0 Å². The number of hydrogen-bond acceptors (Lipinski definition) is 5. The molecule has 0 unspecified atom stereocenters. The van der Waals surface area contributed by atoms with Gasteiger partial charge in [0.25, 0.3) is 0 Å². The molecule has 0 aromatic heterocycles. The summed E-state index contributed by atoms with van der Waals surface area (Å²) >= 11 is 0. The number of carbonyl (C=O) groups is 1. The van der Waals surface area contributed by atoms with Crippen LogP contribution >= 0.6 is 0 Å². The van der Waals surface area contributed by atoms with E-state index in [2.05, 4.69) is 16.8 Å². The van der Waals surface area contributed by atoms with E-state index in [9.17, 15) is 9.90 Å². The third-order valence-corrected chi connectivity index (χ3v) is 4.59. The smallest absolute Gasteiger partial charge is 0.336 e. The lowest BCUT2D eigenvalue weighted by Crippen LogP contribution is -2.38. The van der Waals surface area contributed by atoms with E-state index in [1.807, 2.05) is 7.05 Å². The topological polar surface area (TPSA) is 62.2 Å². The van der Waals surface area contributed by atoms with Crippen molar-refractivity contribution in [1.82, 2.24) is 9.80 Å². The number of benzene rings is 1. The second-order valence-corrected chi connectivity index (χ2v) is 6.63. The molecule has 1 aliphatic rings. The van der Waals surface area contributed by atoms with Crippen molar-refractivity contribution in [3.05, 3.63) is 23.3 Å². The first-order valence-corrected chi connectivity index (χ1v) is 8.29. The summed E-state index contributed by atoms with van der Waals surface area (Å²) in [5, 5.41) is 9.54. The van der Waals surface area contributed by atoms with Crippen molar-refractivity contribution in [1.29, 1.82) is 0 Å². The van der Waals surface area contributed by atoms with Crippen LogP contribution in [0.25, 0.3) is 0 Å². The summed E-state index contributed by atoms with van der Waals surface area (Å²) in [5.74, 6) is 0.697. The number of rotatable bonds is 7. The average molecular weight is 336 g/mol. The number of methoxy groups -OCH3 is 2. The predicted octanol–water partition coefficient (Wildman–Crippen LogP) is 2.18. The number of nitrogens with zero attached hydrogens (tertiary/aromatic N) is 2. The van der Waals surface area contributed by atoms with Gasteiger partial charge in [0.05, 0.1) is 19.8 Å². The molecular formula is C18H28N2O4. The van der Waals surface area contributed by atoms with Gasteiger partial charge in [-0.3, -0.25) is 0 Å². The van der Waals surface area contributed by atoms with E-state index in [0.717, 1.165) is 19.6 Å². The van der Waals surface area contributed by atoms with Gasteiger partial charge in [-0.2, -0.15) is 0 Å². The molecule has 0 saturated carbocycles. The molecule has 134 valence electrons. The zero-order valence-corrected chi connectivity index (χ0v) is 15.0. The number of hydrogen-bond donors (Lipinski definition) is 1. The highest BCUT2D eigenvalue weighted by Crippen LogP contribution is 2.30. The van der Waals surface area contributed by atoms with Crippen LogP contribution in [0.15, 0.2) is 12.1 Å². The van der Waals surface area contributed by atoms with E-state index in [4.69, 9.17) is 9.47 Å². The maximum atomic E-state index is 11.6. The minimum absolute atomic E-state index is 0.235. The molecule has 1 aliphatic heterocycles. The van der Waals surface area contributed by atoms with Gasteiger partial charge in [0.15, 0.2) is 0 Å². The largest absolute Gasteiger partial charge is 0.497 e. The van der Waals surface area contributed by atoms with Crippen molar-refractivity contribution in [2.75, 3.05) is 47.9 Å². The van der Waals surface area contributed by atoms with Crippen molar-refractivity contribution in [2.24, 2.45) is 5.92 Å². The first-order chi connectivity index (χ1) is 11.4. The van der Waals surface area contributed by atoms with E-state index in [0.29, 0.717) is 29.5 Å². The van der Waals surface area contributed by atoms with Crippen LogP contribution < -0.4 is 9.47 Å². The lowest BCUT2D eigenvalue weighted by atomic mass is 9.97. The Kier molecular flexibility index (Phi) is 6.45. The van der Waals surface area contributed by atoms with Crippen LogP contribution in [-0.4, -0.2) is 68.8 Å². The van der Waals surface area contributed by atoms with Gasteiger partial charge in [0.2, 0.25) is 0 Å². The maximum Gasteiger partial charge on any atom is 0.336 e. The lowest BCUT2D eigenvalue weighted by Gasteiger charge is -2.32. The zero-order chi connectivity index (χ0) is 17.7. The van der Waals surface area contributed by atoms with Crippen LogP contribution in [0.1, 0.15) is 28.8 Å². The Hall–Kier alpha value is -1.79. The van der Waals surface area contributed by atoms with E-state index >= 15 is 0 Å². The Morgan fingerprint density at radius 1 is 1.38 bits per heavy atom. The van der Waals surface area contributed by atoms with Crippen LogP contribution in [0.2, 0.25) is 0 Å². The van der Waals surface area contributed by atoms with Gasteiger partial charge in [0.1, 0.15) is 11.5 Å². The molecule has 2 rings (SSSR count). The number of aromatic carboxylic acids is 1. The number of likely N-dealkylation sites (tertiary alicyclic amines) is 1. The molecule has 6 nitrogen and oxygen atoms in total. The van der Waals surface area contributed by atoms with Crippen molar-refractivity contribution in [2.45, 2.75) is 19.4 Å². The van der Waals surface area contributed by atoms with Crippen LogP contribution in [0.5, 0.6) is 11.5 Å². The van der Waals surface area contributed by atoms with Crippen molar-refractivity contribution in [3.8, 4) is 11.5 Å². The van der Waals surface area contributed by atoms with E-state index in [-0.39, 0.29) is 5.56 Å². The summed E-state index contributed by atoms with van der Waals surface area (Å²) < 4.78 is 10.6. The highest BCUT2D eigenvalue weighted by molar-refractivity contribution is 5.91. The molecule has 24 heavy (non-hydrogen) atoms. The average Bonchev–Trinajstić information content (AvgIpc) is 2.54. The molecule has 1 fully saturated rings. The lowest BCUT2D eigenvalue weighted by molar-refractivity contribution is 0.0693. The van der Waals surface area contributed by atoms with E-state index in [1.165, 1.54) is 20.0 Å². The van der Waals surface area contributed by atoms with E-state index < -0.39 is 5.97 Å². The summed E-state index contributed by atoms with van der Waals surface area (Å²) in [6.45, 7) is 3.74. The molecule has 1 aromatic carbocycles. The van der Waals surface area contributed by atoms with Crippen LogP contribution in [-0.2, 0) is 6.54 Å². The Morgan fingerprint density at radius 3 is 2.71 bits per heavy atom. The monoisotopic (exact) mass is 336 g/mol.